The Morgan fingerprint density at radius 1 is 0.815 bits per heavy atom. The molecule has 1 amide bonds. The average molecular weight is 393 g/mol. The third-order valence-corrected chi connectivity index (χ3v) is 3.29. The molecule has 0 aliphatic carbocycles. The molecule has 0 unspecified atom stereocenters. The summed E-state index contributed by atoms with van der Waals surface area (Å²) in [6.45, 7) is 0. The Morgan fingerprint density at radius 2 is 1.26 bits per heavy atom. The van der Waals surface area contributed by atoms with Gasteiger partial charge in [-0.05, 0) is 24.3 Å². The monoisotopic (exact) mass is 393 g/mol. The number of alkyl halides is 6. The average Bonchev–Trinajstić information content (AvgIpc) is 2.63. The molecule has 2 aromatic heterocycles. The van der Waals surface area contributed by atoms with Gasteiger partial charge in [0.25, 0.3) is 0 Å². The Morgan fingerprint density at radius 3 is 1.59 bits per heavy atom. The van der Waals surface area contributed by atoms with Gasteiger partial charge in [-0.3, -0.25) is 4.79 Å². The van der Waals surface area contributed by atoms with Crippen LogP contribution in [0.3, 0.4) is 0 Å². The van der Waals surface area contributed by atoms with E-state index in [0.717, 1.165) is 24.5 Å². The molecule has 0 radical (unpaired) electrons. The van der Waals surface area contributed by atoms with E-state index in [1.54, 1.807) is 0 Å². The van der Waals surface area contributed by atoms with E-state index < -0.39 is 41.3 Å². The molecule has 0 fully saturated rings. The van der Waals surface area contributed by atoms with Crippen LogP contribution in [0.1, 0.15) is 0 Å². The number of pyridine rings is 2. The smallest absolute Gasteiger partial charge is 0.411 e. The van der Waals surface area contributed by atoms with Gasteiger partial charge in [-0.1, -0.05) is 12.1 Å². The van der Waals surface area contributed by atoms with Gasteiger partial charge in [0.2, 0.25) is 0 Å². The number of carboxylic acid groups (broad SMARTS) is 1. The summed E-state index contributed by atoms with van der Waals surface area (Å²) in [4.78, 5) is 29.5. The molecule has 144 valence electrons. The van der Waals surface area contributed by atoms with E-state index in [1.807, 2.05) is 0 Å². The number of hydrogen-bond donors (Lipinski definition) is 1. The van der Waals surface area contributed by atoms with Crippen molar-refractivity contribution >= 4 is 23.5 Å². The maximum atomic E-state index is 14.1. The molecule has 27 heavy (non-hydrogen) atoms. The standard InChI is InChI=1S/C15H9F6N3O3/c16-13(17,15(20,21)14(18,19)12(26)27)11(25)24(9-5-1-3-7-22-9)10-6-2-4-8-23-10/h1-8H,(H,26,27). The summed E-state index contributed by atoms with van der Waals surface area (Å²) in [5, 5.41) is 8.18. The van der Waals surface area contributed by atoms with Crippen LogP contribution in [0.15, 0.2) is 48.8 Å². The minimum atomic E-state index is -6.54. The van der Waals surface area contributed by atoms with Crippen molar-refractivity contribution < 1.29 is 41.0 Å². The molecular formula is C15H9F6N3O3. The van der Waals surface area contributed by atoms with Crippen molar-refractivity contribution in [2.24, 2.45) is 0 Å². The lowest BCUT2D eigenvalue weighted by Gasteiger charge is -2.32. The lowest BCUT2D eigenvalue weighted by atomic mass is 10.0. The maximum Gasteiger partial charge on any atom is 0.411 e. The summed E-state index contributed by atoms with van der Waals surface area (Å²) >= 11 is 0. The zero-order valence-corrected chi connectivity index (χ0v) is 13.0. The van der Waals surface area contributed by atoms with Gasteiger partial charge in [-0.15, -0.1) is 0 Å². The third-order valence-electron chi connectivity index (χ3n) is 3.29. The van der Waals surface area contributed by atoms with Crippen molar-refractivity contribution in [1.29, 1.82) is 0 Å². The second-order valence-corrected chi connectivity index (χ2v) is 5.04. The van der Waals surface area contributed by atoms with Gasteiger partial charge in [0.1, 0.15) is 11.6 Å². The predicted octanol–water partition coefficient (Wildman–Crippen LogP) is 3.13. The first-order valence-corrected chi connectivity index (χ1v) is 6.98. The lowest BCUT2D eigenvalue weighted by molar-refractivity contribution is -0.291. The van der Waals surface area contributed by atoms with Gasteiger partial charge in [-0.2, -0.15) is 26.3 Å². The Labute approximate surface area is 147 Å². The Kier molecular flexibility index (Phi) is 5.11. The van der Waals surface area contributed by atoms with E-state index >= 15 is 0 Å². The van der Waals surface area contributed by atoms with E-state index in [4.69, 9.17) is 5.11 Å². The highest BCUT2D eigenvalue weighted by molar-refractivity contribution is 6.04. The highest BCUT2D eigenvalue weighted by Crippen LogP contribution is 2.47. The molecule has 0 aliphatic heterocycles. The minimum Gasteiger partial charge on any atom is -0.477 e. The van der Waals surface area contributed by atoms with Crippen molar-refractivity contribution in [3.8, 4) is 0 Å². The molecule has 0 spiro atoms. The van der Waals surface area contributed by atoms with Gasteiger partial charge in [0.15, 0.2) is 0 Å². The molecule has 2 rings (SSSR count). The van der Waals surface area contributed by atoms with Crippen molar-refractivity contribution in [1.82, 2.24) is 9.97 Å². The second-order valence-electron chi connectivity index (χ2n) is 5.04. The number of nitrogens with zero attached hydrogens (tertiary/aromatic N) is 3. The largest absolute Gasteiger partial charge is 0.477 e. The predicted molar refractivity (Wildman–Crippen MR) is 78.1 cm³/mol. The first kappa shape index (κ1) is 20.1. The van der Waals surface area contributed by atoms with Crippen LogP contribution < -0.4 is 4.90 Å². The van der Waals surface area contributed by atoms with Crippen molar-refractivity contribution in [2.45, 2.75) is 17.8 Å². The quantitative estimate of drug-likeness (QED) is 0.763. The lowest BCUT2D eigenvalue weighted by Crippen LogP contribution is -2.63. The van der Waals surface area contributed by atoms with E-state index in [-0.39, 0.29) is 4.90 Å². The Hall–Kier alpha value is -3.18. The highest BCUT2D eigenvalue weighted by atomic mass is 19.3. The summed E-state index contributed by atoms with van der Waals surface area (Å²) in [5.74, 6) is -26.4. The van der Waals surface area contributed by atoms with Crippen LogP contribution in [-0.2, 0) is 9.59 Å². The Bertz CT molecular complexity index is 794. The highest BCUT2D eigenvalue weighted by Gasteiger charge is 2.79. The van der Waals surface area contributed by atoms with Gasteiger partial charge >= 0.3 is 29.6 Å². The molecule has 0 saturated heterocycles. The molecule has 0 bridgehead atoms. The fraction of sp³-hybridized carbons (Fsp3) is 0.200. The molecular weight excluding hydrogens is 384 g/mol. The van der Waals surface area contributed by atoms with Crippen LogP contribution in [0.2, 0.25) is 0 Å². The zero-order valence-electron chi connectivity index (χ0n) is 13.0. The molecule has 2 aromatic rings. The topological polar surface area (TPSA) is 83.4 Å². The van der Waals surface area contributed by atoms with Gasteiger partial charge in [0, 0.05) is 12.4 Å². The van der Waals surface area contributed by atoms with E-state index in [0.29, 0.717) is 0 Å². The first-order valence-electron chi connectivity index (χ1n) is 6.98. The van der Waals surface area contributed by atoms with Crippen LogP contribution >= 0.6 is 0 Å². The number of carbonyl (C=O) groups is 2. The van der Waals surface area contributed by atoms with Crippen LogP contribution in [0.4, 0.5) is 38.0 Å². The molecule has 1 N–H and O–H groups in total. The van der Waals surface area contributed by atoms with Crippen LogP contribution in [0, 0.1) is 0 Å². The summed E-state index contributed by atoms with van der Waals surface area (Å²) in [7, 11) is 0. The van der Waals surface area contributed by atoms with Gasteiger partial charge < -0.3 is 5.11 Å². The van der Waals surface area contributed by atoms with Crippen LogP contribution in [0.5, 0.6) is 0 Å². The number of halogens is 6. The molecule has 2 heterocycles. The van der Waals surface area contributed by atoms with E-state index in [2.05, 4.69) is 9.97 Å². The fourth-order valence-electron chi connectivity index (χ4n) is 1.90. The number of amides is 1. The van der Waals surface area contributed by atoms with E-state index in [1.165, 1.54) is 24.3 Å². The zero-order chi connectivity index (χ0) is 20.5. The molecule has 0 saturated carbocycles. The van der Waals surface area contributed by atoms with E-state index in [9.17, 15) is 35.9 Å². The van der Waals surface area contributed by atoms with Crippen LogP contribution in [0.25, 0.3) is 0 Å². The van der Waals surface area contributed by atoms with Crippen molar-refractivity contribution in [3.63, 3.8) is 0 Å². The molecule has 6 nitrogen and oxygen atoms in total. The third kappa shape index (κ3) is 3.29. The summed E-state index contributed by atoms with van der Waals surface area (Å²) < 4.78 is 82.1. The minimum absolute atomic E-state index is 0.105. The van der Waals surface area contributed by atoms with Gasteiger partial charge in [-0.25, -0.2) is 19.7 Å². The normalized spacial score (nSPS) is 12.5. The SMILES string of the molecule is O=C(O)C(F)(F)C(F)(F)C(F)(F)C(=O)N(c1ccccn1)c1ccccn1. The number of rotatable bonds is 6. The number of aliphatic carboxylic acids is 1. The Balaban J connectivity index is 2.60. The first-order chi connectivity index (χ1) is 12.4. The van der Waals surface area contributed by atoms with Crippen molar-refractivity contribution in [2.75, 3.05) is 4.90 Å². The number of carbonyl (C=O) groups excluding carboxylic acids is 1. The fourth-order valence-corrected chi connectivity index (χ4v) is 1.90. The maximum absolute atomic E-state index is 14.1. The van der Waals surface area contributed by atoms with Crippen LogP contribution in [-0.4, -0.2) is 44.7 Å². The molecule has 0 aromatic carbocycles. The molecule has 0 atom stereocenters. The number of aromatic nitrogens is 2. The molecule has 0 aliphatic rings. The van der Waals surface area contributed by atoms with Gasteiger partial charge in [0.05, 0.1) is 0 Å². The summed E-state index contributed by atoms with van der Waals surface area (Å²) in [6, 6.07) is 7.00. The second kappa shape index (κ2) is 6.85. The molecule has 12 heteroatoms. The number of anilines is 2. The number of carboxylic acids is 1. The summed E-state index contributed by atoms with van der Waals surface area (Å²) in [6.07, 6.45) is 2.06. The van der Waals surface area contributed by atoms with Crippen molar-refractivity contribution in [3.05, 3.63) is 48.8 Å². The summed E-state index contributed by atoms with van der Waals surface area (Å²) in [5.41, 5.74) is 0. The number of hydrogen-bond acceptors (Lipinski definition) is 4.